The monoisotopic (exact) mass is 346 g/mol. The maximum atomic E-state index is 12.8. The van der Waals surface area contributed by atoms with Crippen LogP contribution in [-0.2, 0) is 10.0 Å². The van der Waals surface area contributed by atoms with Crippen LogP contribution in [0.3, 0.4) is 0 Å². The van der Waals surface area contributed by atoms with Gasteiger partial charge in [0.05, 0.1) is 11.3 Å². The van der Waals surface area contributed by atoms with Gasteiger partial charge in [0, 0.05) is 18.8 Å². The minimum Gasteiger partial charge on any atom is -0.478 e. The molecule has 0 radical (unpaired) electrons. The number of nitrogens with one attached hydrogen (secondary N) is 1. The van der Waals surface area contributed by atoms with Crippen LogP contribution in [0, 0.1) is 0 Å². The topological polar surface area (TPSA) is 86.7 Å². The van der Waals surface area contributed by atoms with E-state index in [0.29, 0.717) is 11.4 Å². The minimum atomic E-state index is -3.89. The molecule has 1 aliphatic heterocycles. The summed E-state index contributed by atoms with van der Waals surface area (Å²) in [6.07, 6.45) is 1.98. The molecule has 0 atom stereocenters. The Bertz CT molecular complexity index is 844. The molecule has 24 heavy (non-hydrogen) atoms. The SMILES string of the molecule is O=C(O)c1ccc(N2CCCC2)c(S(=O)(=O)Nc2ccccc2)c1. The number of hydrogen-bond acceptors (Lipinski definition) is 4. The van der Waals surface area contributed by atoms with Gasteiger partial charge in [-0.1, -0.05) is 18.2 Å². The lowest BCUT2D eigenvalue weighted by atomic mass is 10.2. The van der Waals surface area contributed by atoms with Crippen molar-refractivity contribution in [3.05, 3.63) is 54.1 Å². The number of anilines is 2. The Labute approximate surface area is 140 Å². The number of para-hydroxylation sites is 1. The average Bonchev–Trinajstić information content (AvgIpc) is 3.09. The molecule has 1 aliphatic rings. The third-order valence-corrected chi connectivity index (χ3v) is 5.38. The highest BCUT2D eigenvalue weighted by Crippen LogP contribution is 2.30. The molecule has 126 valence electrons. The van der Waals surface area contributed by atoms with Gasteiger partial charge in [0.25, 0.3) is 10.0 Å². The van der Waals surface area contributed by atoms with Crippen molar-refractivity contribution in [2.24, 2.45) is 0 Å². The third-order valence-electron chi connectivity index (χ3n) is 3.97. The Hall–Kier alpha value is -2.54. The zero-order valence-corrected chi connectivity index (χ0v) is 13.8. The van der Waals surface area contributed by atoms with E-state index in [1.54, 1.807) is 36.4 Å². The first-order valence-electron chi connectivity index (χ1n) is 7.67. The standard InChI is InChI=1S/C17H18N2O4S/c20-17(21)13-8-9-15(19-10-4-5-11-19)16(12-13)24(22,23)18-14-6-2-1-3-7-14/h1-3,6-9,12,18H,4-5,10-11H2,(H,20,21). The van der Waals surface area contributed by atoms with Crippen LogP contribution in [-0.4, -0.2) is 32.6 Å². The molecule has 0 spiro atoms. The number of carboxylic acid groups (broad SMARTS) is 1. The molecule has 0 amide bonds. The Morgan fingerprint density at radius 3 is 2.33 bits per heavy atom. The summed E-state index contributed by atoms with van der Waals surface area (Å²) in [6.45, 7) is 1.53. The number of sulfonamides is 1. The molecular weight excluding hydrogens is 328 g/mol. The maximum absolute atomic E-state index is 12.8. The molecule has 7 heteroatoms. The summed E-state index contributed by atoms with van der Waals surface area (Å²) >= 11 is 0. The first kappa shape index (κ1) is 16.3. The molecule has 6 nitrogen and oxygen atoms in total. The van der Waals surface area contributed by atoms with Crippen molar-refractivity contribution >= 4 is 27.4 Å². The molecule has 0 bridgehead atoms. The first-order chi connectivity index (χ1) is 11.5. The van der Waals surface area contributed by atoms with E-state index in [0.717, 1.165) is 25.9 Å². The van der Waals surface area contributed by atoms with E-state index >= 15 is 0 Å². The minimum absolute atomic E-state index is 0.00634. The highest BCUT2D eigenvalue weighted by Gasteiger charge is 2.25. The molecule has 1 heterocycles. The largest absolute Gasteiger partial charge is 0.478 e. The number of carbonyl (C=O) groups is 1. The third kappa shape index (κ3) is 3.35. The molecule has 2 N–H and O–H groups in total. The van der Waals surface area contributed by atoms with Gasteiger partial charge in [-0.15, -0.1) is 0 Å². The quantitative estimate of drug-likeness (QED) is 0.869. The molecule has 1 saturated heterocycles. The molecule has 0 aliphatic carbocycles. The summed E-state index contributed by atoms with van der Waals surface area (Å²) in [6, 6.07) is 12.8. The van der Waals surface area contributed by atoms with E-state index in [2.05, 4.69) is 4.72 Å². The van der Waals surface area contributed by atoms with Crippen molar-refractivity contribution in [2.75, 3.05) is 22.7 Å². The number of nitrogens with zero attached hydrogens (tertiary/aromatic N) is 1. The Morgan fingerprint density at radius 1 is 1.04 bits per heavy atom. The number of benzene rings is 2. The van der Waals surface area contributed by atoms with E-state index in [4.69, 9.17) is 0 Å². The highest BCUT2D eigenvalue weighted by atomic mass is 32.2. The van der Waals surface area contributed by atoms with Crippen LogP contribution < -0.4 is 9.62 Å². The second-order valence-electron chi connectivity index (χ2n) is 5.65. The second kappa shape index (κ2) is 6.52. The zero-order chi connectivity index (χ0) is 17.2. The van der Waals surface area contributed by atoms with Crippen LogP contribution in [0.15, 0.2) is 53.4 Å². The van der Waals surface area contributed by atoms with Gasteiger partial charge in [-0.3, -0.25) is 4.72 Å². The van der Waals surface area contributed by atoms with E-state index in [9.17, 15) is 18.3 Å². The number of carboxylic acids is 1. The van der Waals surface area contributed by atoms with Crippen molar-refractivity contribution in [3.63, 3.8) is 0 Å². The van der Waals surface area contributed by atoms with Crippen molar-refractivity contribution < 1.29 is 18.3 Å². The summed E-state index contributed by atoms with van der Waals surface area (Å²) in [4.78, 5) is 13.2. The molecular formula is C17H18N2O4S. The van der Waals surface area contributed by atoms with Crippen LogP contribution in [0.25, 0.3) is 0 Å². The fraction of sp³-hybridized carbons (Fsp3) is 0.235. The fourth-order valence-corrected chi connectivity index (χ4v) is 4.11. The van der Waals surface area contributed by atoms with Crippen molar-refractivity contribution in [1.82, 2.24) is 0 Å². The maximum Gasteiger partial charge on any atom is 0.335 e. The predicted octanol–water partition coefficient (Wildman–Crippen LogP) is 2.79. The van der Waals surface area contributed by atoms with Crippen molar-refractivity contribution in [1.29, 1.82) is 0 Å². The van der Waals surface area contributed by atoms with E-state index in [1.807, 2.05) is 4.90 Å². The molecule has 0 saturated carbocycles. The number of rotatable bonds is 5. The highest BCUT2D eigenvalue weighted by molar-refractivity contribution is 7.92. The first-order valence-corrected chi connectivity index (χ1v) is 9.16. The predicted molar refractivity (Wildman–Crippen MR) is 92.1 cm³/mol. The van der Waals surface area contributed by atoms with E-state index < -0.39 is 16.0 Å². The van der Waals surface area contributed by atoms with Crippen LogP contribution in [0.1, 0.15) is 23.2 Å². The Kier molecular flexibility index (Phi) is 4.44. The van der Waals surface area contributed by atoms with Gasteiger partial charge in [-0.05, 0) is 43.2 Å². The molecule has 2 aromatic rings. The van der Waals surface area contributed by atoms with E-state index in [1.165, 1.54) is 12.1 Å². The lowest BCUT2D eigenvalue weighted by Crippen LogP contribution is -2.23. The summed E-state index contributed by atoms with van der Waals surface area (Å²) < 4.78 is 28.2. The number of hydrogen-bond donors (Lipinski definition) is 2. The Balaban J connectivity index is 2.05. The van der Waals surface area contributed by atoms with Gasteiger partial charge < -0.3 is 10.0 Å². The van der Waals surface area contributed by atoms with Gasteiger partial charge in [0.2, 0.25) is 0 Å². The summed E-state index contributed by atoms with van der Waals surface area (Å²) in [5, 5.41) is 9.19. The average molecular weight is 346 g/mol. The Morgan fingerprint density at radius 2 is 1.71 bits per heavy atom. The van der Waals surface area contributed by atoms with Crippen LogP contribution in [0.4, 0.5) is 11.4 Å². The summed E-state index contributed by atoms with van der Waals surface area (Å²) in [7, 11) is -3.89. The second-order valence-corrected chi connectivity index (χ2v) is 7.30. The van der Waals surface area contributed by atoms with Crippen molar-refractivity contribution in [3.8, 4) is 0 Å². The lowest BCUT2D eigenvalue weighted by molar-refractivity contribution is 0.0696. The lowest BCUT2D eigenvalue weighted by Gasteiger charge is -2.22. The van der Waals surface area contributed by atoms with E-state index in [-0.39, 0.29) is 10.5 Å². The van der Waals surface area contributed by atoms with Gasteiger partial charge >= 0.3 is 5.97 Å². The van der Waals surface area contributed by atoms with Crippen LogP contribution >= 0.6 is 0 Å². The van der Waals surface area contributed by atoms with Gasteiger partial charge in [-0.2, -0.15) is 0 Å². The number of aromatic carboxylic acids is 1. The summed E-state index contributed by atoms with van der Waals surface area (Å²) in [5.41, 5.74) is 0.929. The molecule has 1 fully saturated rings. The van der Waals surface area contributed by atoms with Gasteiger partial charge in [0.1, 0.15) is 4.90 Å². The smallest absolute Gasteiger partial charge is 0.335 e. The van der Waals surface area contributed by atoms with Crippen LogP contribution in [0.2, 0.25) is 0 Å². The molecule has 3 rings (SSSR count). The molecule has 0 unspecified atom stereocenters. The normalized spacial score (nSPS) is 14.6. The van der Waals surface area contributed by atoms with Crippen molar-refractivity contribution in [2.45, 2.75) is 17.7 Å². The van der Waals surface area contributed by atoms with Gasteiger partial charge in [-0.25, -0.2) is 13.2 Å². The van der Waals surface area contributed by atoms with Crippen LogP contribution in [0.5, 0.6) is 0 Å². The summed E-state index contributed by atoms with van der Waals surface area (Å²) in [5.74, 6) is -1.15. The fourth-order valence-electron chi connectivity index (χ4n) is 2.80. The zero-order valence-electron chi connectivity index (χ0n) is 13.0. The molecule has 0 aromatic heterocycles. The molecule has 2 aromatic carbocycles. The van der Waals surface area contributed by atoms with Gasteiger partial charge in [0.15, 0.2) is 0 Å².